The van der Waals surface area contributed by atoms with E-state index < -0.39 is 28.5 Å². The van der Waals surface area contributed by atoms with E-state index in [0.717, 1.165) is 22.5 Å². The molecule has 0 aliphatic rings. The molecule has 0 aliphatic heterocycles. The molecule has 0 aromatic heterocycles. The van der Waals surface area contributed by atoms with Gasteiger partial charge in [0, 0.05) is 13.1 Å². The van der Waals surface area contributed by atoms with Crippen molar-refractivity contribution in [1.29, 1.82) is 0 Å². The smallest absolute Gasteiger partial charge is 0.244 e. The molecule has 1 atom stereocenters. The van der Waals surface area contributed by atoms with Crippen molar-refractivity contribution in [3.05, 3.63) is 54.1 Å². The molecule has 2 aromatic rings. The number of nitrogens with one attached hydrogen (secondary N) is 1. The largest absolute Gasteiger partial charge is 0.497 e. The van der Waals surface area contributed by atoms with E-state index in [4.69, 9.17) is 9.47 Å². The Kier molecular flexibility index (Phi) is 10.4. The maximum absolute atomic E-state index is 13.5. The number of methoxy groups -OCH3 is 1. The monoisotopic (exact) mass is 505 g/mol. The molecule has 1 N–H and O–H groups in total. The highest BCUT2D eigenvalue weighted by atomic mass is 32.2. The molecule has 2 rings (SSSR count). The average Bonchev–Trinajstić information content (AvgIpc) is 2.84. The van der Waals surface area contributed by atoms with Gasteiger partial charge in [-0.3, -0.25) is 13.9 Å². The molecule has 35 heavy (non-hydrogen) atoms. The van der Waals surface area contributed by atoms with Gasteiger partial charge in [0.2, 0.25) is 21.8 Å². The number of carbonyl (C=O) groups excluding carboxylic acids is 2. The molecule has 9 nitrogen and oxygen atoms in total. The summed E-state index contributed by atoms with van der Waals surface area (Å²) in [6, 6.07) is 12.8. The fourth-order valence-electron chi connectivity index (χ4n) is 3.40. The number of ether oxygens (including phenoxy) is 2. The number of carbonyl (C=O) groups is 2. The molecule has 0 radical (unpaired) electrons. The summed E-state index contributed by atoms with van der Waals surface area (Å²) in [5, 5.41) is 2.81. The van der Waals surface area contributed by atoms with Crippen molar-refractivity contribution < 1.29 is 27.5 Å². The molecule has 0 unspecified atom stereocenters. The molecule has 0 saturated heterocycles. The third-order valence-corrected chi connectivity index (χ3v) is 6.48. The lowest BCUT2D eigenvalue weighted by Gasteiger charge is -2.31. The van der Waals surface area contributed by atoms with Crippen LogP contribution in [0.25, 0.3) is 0 Å². The van der Waals surface area contributed by atoms with Crippen molar-refractivity contribution in [3.63, 3.8) is 0 Å². The van der Waals surface area contributed by atoms with Gasteiger partial charge in [-0.1, -0.05) is 19.1 Å². The minimum absolute atomic E-state index is 0.129. The number of amides is 2. The first-order valence-electron chi connectivity index (χ1n) is 11.5. The molecule has 0 bridgehead atoms. The number of anilines is 1. The number of hydrogen-bond acceptors (Lipinski definition) is 6. The Hall–Kier alpha value is -3.27. The SMILES string of the molecule is CCCNC(=O)[C@@H](C)N(Cc1ccc(OC)cc1)C(=O)CN(c1ccc(OCC)cc1)S(C)(=O)=O. The van der Waals surface area contributed by atoms with E-state index in [2.05, 4.69) is 5.32 Å². The molecule has 0 fully saturated rings. The van der Waals surface area contributed by atoms with Crippen LogP contribution in [0.15, 0.2) is 48.5 Å². The van der Waals surface area contributed by atoms with Crippen molar-refractivity contribution in [2.24, 2.45) is 0 Å². The van der Waals surface area contributed by atoms with E-state index in [1.165, 1.54) is 4.90 Å². The van der Waals surface area contributed by atoms with Crippen LogP contribution in [0.1, 0.15) is 32.8 Å². The van der Waals surface area contributed by atoms with Gasteiger partial charge in [-0.15, -0.1) is 0 Å². The summed E-state index contributed by atoms with van der Waals surface area (Å²) in [6.45, 7) is 6.06. The van der Waals surface area contributed by atoms with Gasteiger partial charge in [0.05, 0.1) is 25.7 Å². The lowest BCUT2D eigenvalue weighted by Crippen LogP contribution is -2.51. The number of nitrogens with zero attached hydrogens (tertiary/aromatic N) is 2. The third kappa shape index (κ3) is 8.17. The van der Waals surface area contributed by atoms with E-state index in [-0.39, 0.29) is 12.5 Å². The van der Waals surface area contributed by atoms with Crippen LogP contribution in [0, 0.1) is 0 Å². The van der Waals surface area contributed by atoms with Gasteiger partial charge in [0.25, 0.3) is 0 Å². The Morgan fingerprint density at radius 2 is 1.60 bits per heavy atom. The second kappa shape index (κ2) is 13.0. The second-order valence-electron chi connectivity index (χ2n) is 8.03. The first kappa shape index (κ1) is 28.0. The van der Waals surface area contributed by atoms with Crippen LogP contribution in [-0.4, -0.2) is 64.2 Å². The van der Waals surface area contributed by atoms with Crippen LogP contribution in [-0.2, 0) is 26.2 Å². The minimum atomic E-state index is -3.79. The van der Waals surface area contributed by atoms with Crippen molar-refractivity contribution >= 4 is 27.5 Å². The molecule has 0 heterocycles. The molecule has 10 heteroatoms. The summed E-state index contributed by atoms with van der Waals surface area (Å²) in [4.78, 5) is 27.6. The lowest BCUT2D eigenvalue weighted by molar-refractivity contribution is -0.139. The molecule has 2 amide bonds. The topological polar surface area (TPSA) is 105 Å². The molecule has 0 spiro atoms. The predicted octanol–water partition coefficient (Wildman–Crippen LogP) is 2.80. The fourth-order valence-corrected chi connectivity index (χ4v) is 4.24. The normalized spacial score (nSPS) is 11.9. The van der Waals surface area contributed by atoms with Crippen LogP contribution >= 0.6 is 0 Å². The molecule has 0 saturated carbocycles. The van der Waals surface area contributed by atoms with E-state index in [0.29, 0.717) is 30.3 Å². The Morgan fingerprint density at radius 1 is 1.00 bits per heavy atom. The minimum Gasteiger partial charge on any atom is -0.497 e. The number of rotatable bonds is 13. The summed E-state index contributed by atoms with van der Waals surface area (Å²) >= 11 is 0. The highest BCUT2D eigenvalue weighted by Gasteiger charge is 2.30. The summed E-state index contributed by atoms with van der Waals surface area (Å²) in [5.74, 6) is 0.456. The zero-order valence-electron chi connectivity index (χ0n) is 21.0. The maximum Gasteiger partial charge on any atom is 0.244 e. The standard InChI is InChI=1S/C25H35N3O6S/c1-6-16-26-25(30)19(3)27(17-20-8-12-22(33-4)13-9-20)24(29)18-28(35(5,31)32)21-10-14-23(15-11-21)34-7-2/h8-15,19H,6-7,16-18H2,1-5H3,(H,26,30)/t19-/m1/s1. The van der Waals surface area contributed by atoms with E-state index >= 15 is 0 Å². The molecule has 0 aliphatic carbocycles. The Bertz CT molecular complexity index is 1070. The van der Waals surface area contributed by atoms with Gasteiger partial charge in [-0.05, 0) is 62.2 Å². The van der Waals surface area contributed by atoms with E-state index in [9.17, 15) is 18.0 Å². The van der Waals surface area contributed by atoms with E-state index in [1.54, 1.807) is 62.6 Å². The van der Waals surface area contributed by atoms with Gasteiger partial charge < -0.3 is 19.7 Å². The maximum atomic E-state index is 13.5. The van der Waals surface area contributed by atoms with Crippen molar-refractivity contribution in [3.8, 4) is 11.5 Å². The Labute approximate surface area is 208 Å². The van der Waals surface area contributed by atoms with Crippen molar-refractivity contribution in [2.45, 2.75) is 39.8 Å². The quantitative estimate of drug-likeness (QED) is 0.449. The Morgan fingerprint density at radius 3 is 2.11 bits per heavy atom. The molecular weight excluding hydrogens is 470 g/mol. The third-order valence-electron chi connectivity index (χ3n) is 5.34. The van der Waals surface area contributed by atoms with Crippen LogP contribution in [0.5, 0.6) is 11.5 Å². The fraction of sp³-hybridized carbons (Fsp3) is 0.440. The van der Waals surface area contributed by atoms with Gasteiger partial charge in [0.1, 0.15) is 24.1 Å². The van der Waals surface area contributed by atoms with Gasteiger partial charge >= 0.3 is 0 Å². The van der Waals surface area contributed by atoms with Gasteiger partial charge in [-0.2, -0.15) is 0 Å². The summed E-state index contributed by atoms with van der Waals surface area (Å²) in [7, 11) is -2.22. The van der Waals surface area contributed by atoms with Crippen molar-refractivity contribution in [1.82, 2.24) is 10.2 Å². The molecule has 192 valence electrons. The van der Waals surface area contributed by atoms with E-state index in [1.807, 2.05) is 13.8 Å². The lowest BCUT2D eigenvalue weighted by atomic mass is 10.1. The second-order valence-corrected chi connectivity index (χ2v) is 9.94. The first-order valence-corrected chi connectivity index (χ1v) is 13.4. The Balaban J connectivity index is 2.34. The highest BCUT2D eigenvalue weighted by molar-refractivity contribution is 7.92. The van der Waals surface area contributed by atoms with Gasteiger partial charge in [-0.25, -0.2) is 8.42 Å². The molecule has 2 aromatic carbocycles. The van der Waals surface area contributed by atoms with Crippen LogP contribution in [0.3, 0.4) is 0 Å². The molecular formula is C25H35N3O6S. The van der Waals surface area contributed by atoms with Crippen LogP contribution in [0.4, 0.5) is 5.69 Å². The zero-order chi connectivity index (χ0) is 26.0. The number of sulfonamides is 1. The van der Waals surface area contributed by atoms with Crippen molar-refractivity contribution in [2.75, 3.05) is 37.4 Å². The van der Waals surface area contributed by atoms with Gasteiger partial charge in [0.15, 0.2) is 0 Å². The number of benzene rings is 2. The van der Waals surface area contributed by atoms with Crippen LogP contribution in [0.2, 0.25) is 0 Å². The summed E-state index contributed by atoms with van der Waals surface area (Å²) in [6.07, 6.45) is 1.80. The number of hydrogen-bond donors (Lipinski definition) is 1. The summed E-state index contributed by atoms with van der Waals surface area (Å²) < 4.78 is 36.9. The highest BCUT2D eigenvalue weighted by Crippen LogP contribution is 2.23. The summed E-state index contributed by atoms with van der Waals surface area (Å²) in [5.41, 5.74) is 1.11. The average molecular weight is 506 g/mol. The predicted molar refractivity (Wildman–Crippen MR) is 136 cm³/mol. The zero-order valence-corrected chi connectivity index (χ0v) is 21.8. The first-order chi connectivity index (χ1) is 16.6. The van der Waals surface area contributed by atoms with Crippen LogP contribution < -0.4 is 19.1 Å².